The van der Waals surface area contributed by atoms with Crippen LogP contribution in [0.15, 0.2) is 24.3 Å². The van der Waals surface area contributed by atoms with Crippen LogP contribution in [0.25, 0.3) is 0 Å². The lowest BCUT2D eigenvalue weighted by Crippen LogP contribution is -2.41. The van der Waals surface area contributed by atoms with Gasteiger partial charge in [-0.25, -0.2) is 4.39 Å². The van der Waals surface area contributed by atoms with Crippen LogP contribution in [-0.2, 0) is 11.3 Å². The Morgan fingerprint density at radius 3 is 2.72 bits per heavy atom. The Balaban J connectivity index is 1.93. The lowest BCUT2D eigenvalue weighted by atomic mass is 10.1. The van der Waals surface area contributed by atoms with E-state index in [2.05, 4.69) is 5.32 Å². The van der Waals surface area contributed by atoms with Gasteiger partial charge in [0.15, 0.2) is 0 Å². The van der Waals surface area contributed by atoms with Gasteiger partial charge in [-0.05, 0) is 24.1 Å². The predicted octanol–water partition coefficient (Wildman–Crippen LogP) is 0.507. The molecule has 2 atom stereocenters. The summed E-state index contributed by atoms with van der Waals surface area (Å²) in [4.78, 5) is 13.6. The molecule has 18 heavy (non-hydrogen) atoms. The van der Waals surface area contributed by atoms with Gasteiger partial charge in [0.25, 0.3) is 0 Å². The van der Waals surface area contributed by atoms with Crippen molar-refractivity contribution in [3.8, 4) is 0 Å². The molecule has 1 aromatic rings. The summed E-state index contributed by atoms with van der Waals surface area (Å²) in [6.07, 6.45) is 0.00485. The number of carbonyl (C=O) groups excluding carboxylic acids is 1. The number of amides is 1. The maximum Gasteiger partial charge on any atom is 0.239 e. The molecule has 1 heterocycles. The van der Waals surface area contributed by atoms with Crippen molar-refractivity contribution >= 4 is 5.91 Å². The van der Waals surface area contributed by atoms with Gasteiger partial charge in [0.1, 0.15) is 5.82 Å². The van der Waals surface area contributed by atoms with Gasteiger partial charge >= 0.3 is 0 Å². The lowest BCUT2D eigenvalue weighted by Gasteiger charge is -2.21. The summed E-state index contributed by atoms with van der Waals surface area (Å²) in [6, 6.07) is 5.77. The summed E-state index contributed by atoms with van der Waals surface area (Å²) in [5.74, 6) is -0.329. The number of β-amino-alcohol motifs (C(OH)–C–C–N with tert-alkyl or cyclic N) is 1. The zero-order valence-corrected chi connectivity index (χ0v) is 10.3. The molecule has 1 aromatic carbocycles. The van der Waals surface area contributed by atoms with Gasteiger partial charge in [-0.15, -0.1) is 0 Å². The van der Waals surface area contributed by atoms with Crippen LogP contribution in [0.2, 0.25) is 0 Å². The number of benzene rings is 1. The van der Waals surface area contributed by atoms with Crippen molar-refractivity contribution in [3.63, 3.8) is 0 Å². The van der Waals surface area contributed by atoms with Crippen molar-refractivity contribution < 1.29 is 14.3 Å². The fourth-order valence-electron chi connectivity index (χ4n) is 2.11. The Hall–Kier alpha value is -1.46. The number of nitrogens with one attached hydrogen (secondary N) is 1. The highest BCUT2D eigenvalue weighted by atomic mass is 19.1. The number of hydrogen-bond donors (Lipinski definition) is 2. The van der Waals surface area contributed by atoms with Crippen LogP contribution in [-0.4, -0.2) is 41.7 Å². The molecule has 1 saturated heterocycles. The fraction of sp³-hybridized carbons (Fsp3) is 0.462. The summed E-state index contributed by atoms with van der Waals surface area (Å²) in [7, 11) is 1.71. The van der Waals surface area contributed by atoms with Crippen LogP contribution >= 0.6 is 0 Å². The van der Waals surface area contributed by atoms with Gasteiger partial charge < -0.3 is 15.3 Å². The first kappa shape index (κ1) is 13.0. The van der Waals surface area contributed by atoms with Crippen molar-refractivity contribution in [3.05, 3.63) is 35.6 Å². The Morgan fingerprint density at radius 1 is 1.50 bits per heavy atom. The number of likely N-dealkylation sites (N-methyl/N-ethyl adjacent to an activating group) is 1. The fourth-order valence-corrected chi connectivity index (χ4v) is 2.11. The molecule has 0 radical (unpaired) electrons. The number of rotatable bonds is 3. The number of nitrogens with zero attached hydrogens (tertiary/aromatic N) is 1. The minimum absolute atomic E-state index is 0.0455. The second kappa shape index (κ2) is 5.46. The van der Waals surface area contributed by atoms with E-state index in [1.54, 1.807) is 24.1 Å². The van der Waals surface area contributed by atoms with Crippen molar-refractivity contribution in [2.75, 3.05) is 13.6 Å². The molecule has 0 saturated carbocycles. The smallest absolute Gasteiger partial charge is 0.239 e. The third-order valence-electron chi connectivity index (χ3n) is 3.11. The third kappa shape index (κ3) is 3.05. The van der Waals surface area contributed by atoms with Gasteiger partial charge in [0, 0.05) is 20.1 Å². The Morgan fingerprint density at radius 2 is 2.17 bits per heavy atom. The number of hydrogen-bond acceptors (Lipinski definition) is 3. The van der Waals surface area contributed by atoms with Gasteiger partial charge in [0.05, 0.1) is 12.1 Å². The molecule has 1 amide bonds. The highest BCUT2D eigenvalue weighted by Gasteiger charge is 2.29. The minimum atomic E-state index is -0.446. The predicted molar refractivity (Wildman–Crippen MR) is 65.3 cm³/mol. The van der Waals surface area contributed by atoms with Gasteiger partial charge in [-0.3, -0.25) is 4.79 Å². The Kier molecular flexibility index (Phi) is 3.93. The average molecular weight is 252 g/mol. The molecule has 0 aromatic heterocycles. The zero-order chi connectivity index (χ0) is 13.1. The quantitative estimate of drug-likeness (QED) is 0.824. The average Bonchev–Trinajstić information content (AvgIpc) is 2.78. The Labute approximate surface area is 105 Å². The second-order valence-corrected chi connectivity index (χ2v) is 4.67. The van der Waals surface area contributed by atoms with Crippen LogP contribution in [0.3, 0.4) is 0 Å². The summed E-state index contributed by atoms with van der Waals surface area (Å²) in [5, 5.41) is 12.4. The van der Waals surface area contributed by atoms with Crippen LogP contribution in [0, 0.1) is 5.82 Å². The highest BCUT2D eigenvalue weighted by Crippen LogP contribution is 2.11. The van der Waals surface area contributed by atoms with Crippen LogP contribution in [0.1, 0.15) is 12.0 Å². The molecule has 1 aliphatic rings. The molecule has 4 nitrogen and oxygen atoms in total. The number of halogens is 1. The van der Waals surface area contributed by atoms with Crippen LogP contribution in [0.5, 0.6) is 0 Å². The standard InChI is InChI=1S/C13H17FN2O2/c1-16(8-9-2-4-10(14)5-3-9)13(18)12-6-11(17)7-15-12/h2-5,11-12,15,17H,6-8H2,1H3. The second-order valence-electron chi connectivity index (χ2n) is 4.67. The van der Waals surface area contributed by atoms with Gasteiger partial charge in [-0.2, -0.15) is 0 Å². The van der Waals surface area contributed by atoms with E-state index in [4.69, 9.17) is 0 Å². The molecule has 1 aliphatic heterocycles. The highest BCUT2D eigenvalue weighted by molar-refractivity contribution is 5.82. The molecule has 98 valence electrons. The normalized spacial score (nSPS) is 23.1. The molecule has 2 rings (SSSR count). The van der Waals surface area contributed by atoms with Crippen LogP contribution in [0.4, 0.5) is 4.39 Å². The molecule has 0 bridgehead atoms. The van der Waals surface area contributed by atoms with E-state index in [0.717, 1.165) is 5.56 Å². The molecular formula is C13H17FN2O2. The SMILES string of the molecule is CN(Cc1ccc(F)cc1)C(=O)C1CC(O)CN1. The number of carbonyl (C=O) groups is 1. The Bertz CT molecular complexity index is 422. The van der Waals surface area contributed by atoms with Crippen molar-refractivity contribution in [1.82, 2.24) is 10.2 Å². The number of aliphatic hydroxyl groups excluding tert-OH is 1. The van der Waals surface area contributed by atoms with E-state index in [1.807, 2.05) is 0 Å². The molecule has 0 spiro atoms. The van der Waals surface area contributed by atoms with Crippen molar-refractivity contribution in [2.45, 2.75) is 25.1 Å². The number of aliphatic hydroxyl groups is 1. The topological polar surface area (TPSA) is 52.6 Å². The van der Waals surface area contributed by atoms with E-state index < -0.39 is 6.10 Å². The zero-order valence-electron chi connectivity index (χ0n) is 10.3. The van der Waals surface area contributed by atoms with E-state index in [1.165, 1.54) is 12.1 Å². The molecule has 0 aliphatic carbocycles. The summed E-state index contributed by atoms with van der Waals surface area (Å²) < 4.78 is 12.8. The van der Waals surface area contributed by atoms with E-state index in [-0.39, 0.29) is 17.8 Å². The lowest BCUT2D eigenvalue weighted by molar-refractivity contribution is -0.132. The van der Waals surface area contributed by atoms with Gasteiger partial charge in [0.2, 0.25) is 5.91 Å². The first-order chi connectivity index (χ1) is 8.56. The van der Waals surface area contributed by atoms with Gasteiger partial charge in [-0.1, -0.05) is 12.1 Å². The summed E-state index contributed by atoms with van der Waals surface area (Å²) in [6.45, 7) is 0.897. The minimum Gasteiger partial charge on any atom is -0.392 e. The van der Waals surface area contributed by atoms with E-state index in [9.17, 15) is 14.3 Å². The van der Waals surface area contributed by atoms with E-state index in [0.29, 0.717) is 19.5 Å². The molecule has 5 heteroatoms. The third-order valence-corrected chi connectivity index (χ3v) is 3.11. The molecule has 2 N–H and O–H groups in total. The van der Waals surface area contributed by atoms with E-state index >= 15 is 0 Å². The van der Waals surface area contributed by atoms with Crippen LogP contribution < -0.4 is 5.32 Å². The largest absolute Gasteiger partial charge is 0.392 e. The summed E-state index contributed by atoms with van der Waals surface area (Å²) in [5.41, 5.74) is 0.880. The first-order valence-corrected chi connectivity index (χ1v) is 5.97. The maximum atomic E-state index is 12.8. The van der Waals surface area contributed by atoms with Crippen molar-refractivity contribution in [1.29, 1.82) is 0 Å². The molecular weight excluding hydrogens is 235 g/mol. The first-order valence-electron chi connectivity index (χ1n) is 5.97. The molecule has 1 fully saturated rings. The maximum absolute atomic E-state index is 12.8. The monoisotopic (exact) mass is 252 g/mol. The summed E-state index contributed by atoms with van der Waals surface area (Å²) >= 11 is 0. The molecule has 2 unspecified atom stereocenters. The van der Waals surface area contributed by atoms with Crippen molar-refractivity contribution in [2.24, 2.45) is 0 Å².